The lowest BCUT2D eigenvalue weighted by Crippen LogP contribution is -2.40. The van der Waals surface area contributed by atoms with E-state index in [1.165, 1.54) is 17.9 Å². The van der Waals surface area contributed by atoms with Gasteiger partial charge in [-0.3, -0.25) is 0 Å². The Bertz CT molecular complexity index is 613. The molecule has 0 bridgehead atoms. The van der Waals surface area contributed by atoms with Crippen LogP contribution in [-0.4, -0.2) is 59.8 Å². The molecule has 0 amide bonds. The van der Waals surface area contributed by atoms with E-state index in [0.29, 0.717) is 42.7 Å². The predicted octanol–water partition coefficient (Wildman–Crippen LogP) is 6.73. The molecule has 4 nitrogen and oxygen atoms in total. The SMILES string of the molecule is CCCCC(C)(F)C(/C=C/C1CCC2(OCCO2)C1CCC1SCCS1)OC1CCCCO1. The molecule has 4 rings (SSSR count). The first-order valence-corrected chi connectivity index (χ1v) is 15.3. The van der Waals surface area contributed by atoms with Gasteiger partial charge in [-0.1, -0.05) is 31.9 Å². The molecule has 5 atom stereocenters. The van der Waals surface area contributed by atoms with Crippen LogP contribution in [0, 0.1) is 11.8 Å². The van der Waals surface area contributed by atoms with Crippen molar-refractivity contribution in [2.24, 2.45) is 11.8 Å². The average molecular weight is 503 g/mol. The van der Waals surface area contributed by atoms with Crippen LogP contribution < -0.4 is 0 Å². The lowest BCUT2D eigenvalue weighted by molar-refractivity contribution is -0.202. The van der Waals surface area contributed by atoms with Crippen molar-refractivity contribution in [2.75, 3.05) is 31.3 Å². The smallest absolute Gasteiger partial charge is 0.171 e. The second-order valence-corrected chi connectivity index (χ2v) is 13.1. The maximum Gasteiger partial charge on any atom is 0.171 e. The second kappa shape index (κ2) is 12.4. The minimum Gasteiger partial charge on any atom is -0.353 e. The van der Waals surface area contributed by atoms with Crippen molar-refractivity contribution >= 4 is 23.5 Å². The molecule has 0 aromatic heterocycles. The zero-order chi connectivity index (χ0) is 23.2. The zero-order valence-corrected chi connectivity index (χ0v) is 22.1. The quantitative estimate of drug-likeness (QED) is 0.292. The van der Waals surface area contributed by atoms with E-state index in [4.69, 9.17) is 18.9 Å². The topological polar surface area (TPSA) is 36.9 Å². The van der Waals surface area contributed by atoms with Crippen molar-refractivity contribution in [3.8, 4) is 0 Å². The van der Waals surface area contributed by atoms with E-state index in [2.05, 4.69) is 36.5 Å². The fourth-order valence-electron chi connectivity index (χ4n) is 5.74. The number of ether oxygens (including phenoxy) is 4. The monoisotopic (exact) mass is 502 g/mol. The fraction of sp³-hybridized carbons (Fsp3) is 0.923. The summed E-state index contributed by atoms with van der Waals surface area (Å²) in [6.45, 7) is 5.88. The van der Waals surface area contributed by atoms with E-state index >= 15 is 4.39 Å². The molecule has 7 heteroatoms. The summed E-state index contributed by atoms with van der Waals surface area (Å²) in [6.07, 6.45) is 12.9. The van der Waals surface area contributed by atoms with Crippen LogP contribution in [0.15, 0.2) is 12.2 Å². The number of thioether (sulfide) groups is 2. The molecule has 3 aliphatic heterocycles. The van der Waals surface area contributed by atoms with Gasteiger partial charge >= 0.3 is 0 Å². The highest BCUT2D eigenvalue weighted by Gasteiger charge is 2.52. The van der Waals surface area contributed by atoms with Gasteiger partial charge in [0.25, 0.3) is 0 Å². The Balaban J connectivity index is 1.45. The number of unbranched alkanes of at least 4 members (excludes halogenated alkanes) is 1. The minimum atomic E-state index is -1.41. The van der Waals surface area contributed by atoms with Crippen molar-refractivity contribution in [2.45, 2.75) is 106 Å². The van der Waals surface area contributed by atoms with Crippen molar-refractivity contribution in [1.29, 1.82) is 0 Å². The largest absolute Gasteiger partial charge is 0.353 e. The standard InChI is InChI=1S/C26H43FO4S2/c1-3-4-13-25(2,27)22(31-23-7-5-6-15-28-23)10-8-20-12-14-26(29-16-17-30-26)21(20)9-11-24-32-18-19-33-24/h8,10,20-24H,3-7,9,11-19H2,1-2H3/b10-8+. The van der Waals surface area contributed by atoms with Crippen molar-refractivity contribution in [1.82, 2.24) is 0 Å². The fourth-order valence-corrected chi connectivity index (χ4v) is 8.60. The number of rotatable bonds is 11. The number of hydrogen-bond acceptors (Lipinski definition) is 6. The lowest BCUT2D eigenvalue weighted by Gasteiger charge is -2.34. The van der Waals surface area contributed by atoms with Gasteiger partial charge in [0.1, 0.15) is 11.8 Å². The third-order valence-corrected chi connectivity index (χ3v) is 10.8. The molecule has 4 fully saturated rings. The van der Waals surface area contributed by atoms with Crippen LogP contribution in [0.2, 0.25) is 0 Å². The van der Waals surface area contributed by atoms with E-state index in [-0.39, 0.29) is 6.29 Å². The van der Waals surface area contributed by atoms with Crippen molar-refractivity contribution in [3.63, 3.8) is 0 Å². The molecular formula is C26H43FO4S2. The first kappa shape index (κ1) is 26.3. The Kier molecular flexibility index (Phi) is 9.91. The molecule has 0 N–H and O–H groups in total. The minimum absolute atomic E-state index is 0.297. The second-order valence-electron chi connectivity index (χ2n) is 10.2. The average Bonchev–Trinajstić information content (AvgIpc) is 3.58. The predicted molar refractivity (Wildman–Crippen MR) is 135 cm³/mol. The Morgan fingerprint density at radius 2 is 1.91 bits per heavy atom. The van der Waals surface area contributed by atoms with Crippen LogP contribution in [0.4, 0.5) is 4.39 Å². The molecule has 4 aliphatic rings. The summed E-state index contributed by atoms with van der Waals surface area (Å²) in [7, 11) is 0. The van der Waals surface area contributed by atoms with Gasteiger partial charge in [-0.05, 0) is 57.8 Å². The molecule has 0 radical (unpaired) electrons. The van der Waals surface area contributed by atoms with Gasteiger partial charge in [0.2, 0.25) is 0 Å². The maximum absolute atomic E-state index is 15.8. The van der Waals surface area contributed by atoms with Crippen LogP contribution in [0.3, 0.4) is 0 Å². The van der Waals surface area contributed by atoms with Crippen molar-refractivity contribution < 1.29 is 23.3 Å². The number of halogens is 1. The van der Waals surface area contributed by atoms with Crippen LogP contribution in [0.25, 0.3) is 0 Å². The molecule has 1 aliphatic carbocycles. The number of hydrogen-bond donors (Lipinski definition) is 0. The molecular weight excluding hydrogens is 459 g/mol. The van der Waals surface area contributed by atoms with Crippen LogP contribution in [0.5, 0.6) is 0 Å². The van der Waals surface area contributed by atoms with Gasteiger partial charge in [-0.25, -0.2) is 4.39 Å². The molecule has 190 valence electrons. The van der Waals surface area contributed by atoms with Gasteiger partial charge in [0.05, 0.1) is 17.8 Å². The Labute approximate surface area is 208 Å². The van der Waals surface area contributed by atoms with Crippen LogP contribution in [-0.2, 0) is 18.9 Å². The normalized spacial score (nSPS) is 33.2. The highest BCUT2D eigenvalue weighted by atomic mass is 32.2. The van der Waals surface area contributed by atoms with Gasteiger partial charge < -0.3 is 18.9 Å². The lowest BCUT2D eigenvalue weighted by atomic mass is 9.86. The maximum atomic E-state index is 15.8. The van der Waals surface area contributed by atoms with E-state index in [1.807, 2.05) is 6.08 Å². The third kappa shape index (κ3) is 6.91. The molecule has 1 saturated carbocycles. The zero-order valence-electron chi connectivity index (χ0n) is 20.5. The summed E-state index contributed by atoms with van der Waals surface area (Å²) < 4.78 is 41.0. The summed E-state index contributed by atoms with van der Waals surface area (Å²) in [5, 5.41) is 0. The molecule has 5 unspecified atom stereocenters. The highest BCUT2D eigenvalue weighted by Crippen LogP contribution is 2.50. The third-order valence-electron chi connectivity index (χ3n) is 7.67. The summed E-state index contributed by atoms with van der Waals surface area (Å²) in [5.41, 5.74) is -1.41. The molecule has 3 heterocycles. The number of allylic oxidation sites excluding steroid dienone is 1. The molecule has 0 aromatic rings. The summed E-state index contributed by atoms with van der Waals surface area (Å²) in [6, 6.07) is 0. The Hall–Kier alpha value is 0.210. The van der Waals surface area contributed by atoms with Gasteiger partial charge in [-0.15, -0.1) is 23.5 Å². The molecule has 1 spiro atoms. The molecule has 3 saturated heterocycles. The first-order valence-electron chi connectivity index (χ1n) is 13.2. The summed E-state index contributed by atoms with van der Waals surface area (Å²) >= 11 is 4.17. The highest BCUT2D eigenvalue weighted by molar-refractivity contribution is 8.20. The molecule has 33 heavy (non-hydrogen) atoms. The van der Waals surface area contributed by atoms with Crippen LogP contribution in [0.1, 0.15) is 78.1 Å². The first-order chi connectivity index (χ1) is 16.0. The van der Waals surface area contributed by atoms with E-state index < -0.39 is 17.6 Å². The summed E-state index contributed by atoms with van der Waals surface area (Å²) in [5.74, 6) is 2.74. The molecule has 0 aromatic carbocycles. The van der Waals surface area contributed by atoms with Crippen molar-refractivity contribution in [3.05, 3.63) is 12.2 Å². The Morgan fingerprint density at radius 3 is 2.61 bits per heavy atom. The van der Waals surface area contributed by atoms with Crippen LogP contribution >= 0.6 is 23.5 Å². The van der Waals surface area contributed by atoms with E-state index in [9.17, 15) is 0 Å². The summed E-state index contributed by atoms with van der Waals surface area (Å²) in [4.78, 5) is 0. The Morgan fingerprint density at radius 1 is 1.12 bits per heavy atom. The van der Waals surface area contributed by atoms with Gasteiger partial charge in [-0.2, -0.15) is 0 Å². The number of alkyl halides is 1. The van der Waals surface area contributed by atoms with Gasteiger partial charge in [0, 0.05) is 30.5 Å². The van der Waals surface area contributed by atoms with Gasteiger partial charge in [0.15, 0.2) is 12.1 Å². The van der Waals surface area contributed by atoms with E-state index in [1.54, 1.807) is 6.92 Å². The van der Waals surface area contributed by atoms with E-state index in [0.717, 1.165) is 51.4 Å².